The van der Waals surface area contributed by atoms with E-state index >= 15 is 0 Å². The number of nitrogens with zero attached hydrogens (tertiary/aromatic N) is 3. The Balaban J connectivity index is 1.36. The van der Waals surface area contributed by atoms with Gasteiger partial charge in [-0.05, 0) is 35.3 Å². The molecular weight excluding hydrogens is 500 g/mol. The minimum Gasteiger partial charge on any atom is -0.390 e. The minimum atomic E-state index is -2.57. The van der Waals surface area contributed by atoms with Crippen molar-refractivity contribution in [1.29, 1.82) is 0 Å². The van der Waals surface area contributed by atoms with Crippen LogP contribution in [0.1, 0.15) is 37.3 Å². The molecule has 3 heterocycles. The van der Waals surface area contributed by atoms with Crippen molar-refractivity contribution in [1.82, 2.24) is 15.2 Å². The van der Waals surface area contributed by atoms with Crippen LogP contribution in [-0.4, -0.2) is 55.1 Å². The van der Waals surface area contributed by atoms with Gasteiger partial charge in [0.25, 0.3) is 0 Å². The van der Waals surface area contributed by atoms with Gasteiger partial charge in [-0.2, -0.15) is 0 Å². The Bertz CT molecular complexity index is 1180. The molecule has 2 aliphatic heterocycles. The molecule has 0 unspecified atom stereocenters. The van der Waals surface area contributed by atoms with Crippen LogP contribution in [0.15, 0.2) is 78.0 Å². The van der Waals surface area contributed by atoms with Crippen LogP contribution in [0.2, 0.25) is 0 Å². The highest BCUT2D eigenvalue weighted by atomic mass is 32.2. The molecule has 0 bridgehead atoms. The van der Waals surface area contributed by atoms with Crippen LogP contribution in [0.4, 0.5) is 20.3 Å². The van der Waals surface area contributed by atoms with E-state index in [-0.39, 0.29) is 12.8 Å². The summed E-state index contributed by atoms with van der Waals surface area (Å²) in [7, 11) is 0. The highest BCUT2D eigenvalue weighted by Crippen LogP contribution is 2.33. The normalized spacial score (nSPS) is 16.4. The van der Waals surface area contributed by atoms with Gasteiger partial charge in [0.2, 0.25) is 5.92 Å². The largest absolute Gasteiger partial charge is 0.390 e. The summed E-state index contributed by atoms with van der Waals surface area (Å²) >= 11 is 1.55. The molecule has 2 aromatic rings. The Morgan fingerprint density at radius 1 is 1.21 bits per heavy atom. The first-order valence-electron chi connectivity index (χ1n) is 13.2. The number of allylic oxidation sites excluding steroid dienone is 2. The van der Waals surface area contributed by atoms with Gasteiger partial charge in [-0.1, -0.05) is 62.2 Å². The number of halogens is 2. The topological polar surface area (TPSA) is 43.4 Å². The predicted octanol–water partition coefficient (Wildman–Crippen LogP) is 6.85. The van der Waals surface area contributed by atoms with Crippen LogP contribution in [0.25, 0.3) is 11.6 Å². The van der Waals surface area contributed by atoms with Crippen molar-refractivity contribution < 1.29 is 8.78 Å². The summed E-state index contributed by atoms with van der Waals surface area (Å²) in [6, 6.07) is 10.4. The van der Waals surface area contributed by atoms with Crippen molar-refractivity contribution in [2.24, 2.45) is 0 Å². The SMILES string of the molecule is C=Cc1ccc(C2=CNCCC=C2)cc1SC(=C)Nc1cc(N2CCN(CCC(F)(F)CC)CC2)ccn1. The van der Waals surface area contributed by atoms with Crippen LogP contribution in [0.5, 0.6) is 0 Å². The molecule has 2 N–H and O–H groups in total. The standard InChI is InChI=1S/C30H37F2N5S/c1-4-24-9-10-25(26-8-6-7-13-33-22-26)20-28(24)38-23(3)35-29-21-27(11-14-34-29)37-18-16-36(17-19-37)15-12-30(31,32)5-2/h4,6,8-11,14,20-22,33H,1,3,5,7,12-13,15-19H2,2H3,(H,34,35). The Kier molecular flexibility index (Phi) is 9.63. The summed E-state index contributed by atoms with van der Waals surface area (Å²) in [4.78, 5) is 9.96. The summed E-state index contributed by atoms with van der Waals surface area (Å²) in [5.74, 6) is -1.85. The minimum absolute atomic E-state index is 0.0751. The summed E-state index contributed by atoms with van der Waals surface area (Å²) in [6.45, 7) is 14.3. The van der Waals surface area contributed by atoms with E-state index in [1.54, 1.807) is 24.9 Å². The summed E-state index contributed by atoms with van der Waals surface area (Å²) in [5.41, 5.74) is 4.39. The molecular formula is C30H37F2N5S. The number of aromatic nitrogens is 1. The first-order chi connectivity index (χ1) is 18.4. The van der Waals surface area contributed by atoms with E-state index in [4.69, 9.17) is 0 Å². The molecule has 1 fully saturated rings. The number of thioether (sulfide) groups is 1. The van der Waals surface area contributed by atoms with E-state index in [0.29, 0.717) is 6.54 Å². The zero-order valence-electron chi connectivity index (χ0n) is 22.1. The van der Waals surface area contributed by atoms with Crippen molar-refractivity contribution in [3.8, 4) is 0 Å². The fourth-order valence-corrected chi connectivity index (χ4v) is 5.35. The summed E-state index contributed by atoms with van der Waals surface area (Å²) < 4.78 is 27.3. The lowest BCUT2D eigenvalue weighted by Gasteiger charge is -2.36. The number of alkyl halides is 2. The smallest absolute Gasteiger partial charge is 0.249 e. The lowest BCUT2D eigenvalue weighted by atomic mass is 10.0. The fourth-order valence-electron chi connectivity index (χ4n) is 4.47. The number of pyridine rings is 1. The number of rotatable bonds is 11. The number of benzene rings is 1. The zero-order chi connectivity index (χ0) is 27.0. The maximum Gasteiger partial charge on any atom is 0.249 e. The van der Waals surface area contributed by atoms with Crippen LogP contribution in [-0.2, 0) is 0 Å². The molecule has 0 saturated carbocycles. The van der Waals surface area contributed by atoms with E-state index in [1.807, 2.05) is 18.2 Å². The molecule has 38 heavy (non-hydrogen) atoms. The molecule has 1 saturated heterocycles. The number of hydrogen-bond acceptors (Lipinski definition) is 6. The van der Waals surface area contributed by atoms with Crippen LogP contribution in [0, 0.1) is 0 Å². The van der Waals surface area contributed by atoms with Crippen molar-refractivity contribution in [2.45, 2.75) is 37.0 Å². The van der Waals surface area contributed by atoms with Gasteiger partial charge in [0.1, 0.15) is 5.82 Å². The van der Waals surface area contributed by atoms with Gasteiger partial charge in [0.15, 0.2) is 0 Å². The van der Waals surface area contributed by atoms with Gasteiger partial charge in [0.05, 0.1) is 5.03 Å². The maximum absolute atomic E-state index is 13.6. The van der Waals surface area contributed by atoms with E-state index in [9.17, 15) is 8.78 Å². The monoisotopic (exact) mass is 537 g/mol. The third kappa shape index (κ3) is 7.71. The molecule has 0 atom stereocenters. The molecule has 202 valence electrons. The zero-order valence-corrected chi connectivity index (χ0v) is 22.9. The van der Waals surface area contributed by atoms with Gasteiger partial charge in [-0.15, -0.1) is 0 Å². The molecule has 1 aromatic heterocycles. The first-order valence-corrected chi connectivity index (χ1v) is 14.0. The van der Waals surface area contributed by atoms with Crippen molar-refractivity contribution in [3.05, 3.63) is 84.2 Å². The lowest BCUT2D eigenvalue weighted by Crippen LogP contribution is -2.47. The second-order valence-electron chi connectivity index (χ2n) is 9.54. The van der Waals surface area contributed by atoms with E-state index < -0.39 is 5.92 Å². The van der Waals surface area contributed by atoms with Gasteiger partial charge in [-0.3, -0.25) is 4.90 Å². The molecule has 0 radical (unpaired) electrons. The molecule has 0 amide bonds. The first kappa shape index (κ1) is 27.9. The molecule has 0 aliphatic carbocycles. The van der Waals surface area contributed by atoms with E-state index in [1.165, 1.54) is 0 Å². The average Bonchev–Trinajstić information content (AvgIpc) is 3.22. The molecule has 1 aromatic carbocycles. The number of piperazine rings is 1. The van der Waals surface area contributed by atoms with E-state index in [2.05, 4.69) is 75.1 Å². The van der Waals surface area contributed by atoms with Crippen LogP contribution < -0.4 is 15.5 Å². The quantitative estimate of drug-likeness (QED) is 0.306. The number of anilines is 2. The number of hydrogen-bond donors (Lipinski definition) is 2. The third-order valence-corrected chi connectivity index (χ3v) is 7.79. The van der Waals surface area contributed by atoms with Gasteiger partial charge in [-0.25, -0.2) is 13.8 Å². The average molecular weight is 538 g/mol. The lowest BCUT2D eigenvalue weighted by molar-refractivity contribution is -0.0199. The molecule has 5 nitrogen and oxygen atoms in total. The number of nitrogens with one attached hydrogen (secondary N) is 2. The predicted molar refractivity (Wildman–Crippen MR) is 158 cm³/mol. The van der Waals surface area contributed by atoms with Crippen LogP contribution >= 0.6 is 11.8 Å². The van der Waals surface area contributed by atoms with Gasteiger partial charge >= 0.3 is 0 Å². The second-order valence-corrected chi connectivity index (χ2v) is 10.7. The Morgan fingerprint density at radius 2 is 2.03 bits per heavy atom. The molecule has 2 aliphatic rings. The second kappa shape index (κ2) is 13.1. The highest BCUT2D eigenvalue weighted by Gasteiger charge is 2.27. The van der Waals surface area contributed by atoms with Gasteiger partial charge < -0.3 is 15.5 Å². The third-order valence-electron chi connectivity index (χ3n) is 6.87. The summed E-state index contributed by atoms with van der Waals surface area (Å²) in [5, 5.41) is 7.45. The Morgan fingerprint density at radius 3 is 2.79 bits per heavy atom. The maximum atomic E-state index is 13.6. The van der Waals surface area contributed by atoms with E-state index in [0.717, 1.165) is 77.3 Å². The molecule has 8 heteroatoms. The van der Waals surface area contributed by atoms with Crippen molar-refractivity contribution in [2.75, 3.05) is 49.5 Å². The van der Waals surface area contributed by atoms with Crippen LogP contribution in [0.3, 0.4) is 0 Å². The van der Waals surface area contributed by atoms with Crippen molar-refractivity contribution >= 4 is 34.9 Å². The fraction of sp³-hybridized carbons (Fsp3) is 0.367. The molecule has 4 rings (SSSR count). The Hall–Kier alpha value is -3.10. The Labute approximate surface area is 229 Å². The van der Waals surface area contributed by atoms with Crippen molar-refractivity contribution in [3.63, 3.8) is 0 Å². The molecule has 0 spiro atoms. The summed E-state index contributed by atoms with van der Waals surface area (Å²) in [6.07, 6.45) is 10.9. The van der Waals surface area contributed by atoms with Gasteiger partial charge in [0, 0.05) is 81.2 Å². The highest BCUT2D eigenvalue weighted by molar-refractivity contribution is 8.03.